The summed E-state index contributed by atoms with van der Waals surface area (Å²) >= 11 is 1.29. The Labute approximate surface area is 124 Å². The molecule has 1 saturated carbocycles. The highest BCUT2D eigenvalue weighted by atomic mass is 32.1. The summed E-state index contributed by atoms with van der Waals surface area (Å²) in [6.45, 7) is 3.96. The average Bonchev–Trinajstić information content (AvgIpc) is 2.86. The lowest BCUT2D eigenvalue weighted by atomic mass is 9.85. The Morgan fingerprint density at radius 3 is 2.45 bits per heavy atom. The average molecular weight is 297 g/mol. The van der Waals surface area contributed by atoms with Gasteiger partial charge in [-0.05, 0) is 24.7 Å². The second-order valence-electron chi connectivity index (χ2n) is 5.78. The zero-order valence-electron chi connectivity index (χ0n) is 12.4. The lowest BCUT2D eigenvalue weighted by Gasteiger charge is -2.27. The van der Waals surface area contributed by atoms with Gasteiger partial charge in [0.25, 0.3) is 0 Å². The number of hydrogen-bond donors (Lipinski definition) is 1. The topological polar surface area (TPSA) is 59.4 Å². The van der Waals surface area contributed by atoms with Gasteiger partial charge in [-0.3, -0.25) is 0 Å². The molecule has 1 aliphatic rings. The van der Waals surface area contributed by atoms with Crippen molar-refractivity contribution in [2.45, 2.75) is 58.0 Å². The van der Waals surface area contributed by atoms with Gasteiger partial charge in [0.1, 0.15) is 16.0 Å². The van der Waals surface area contributed by atoms with Crippen molar-refractivity contribution in [2.24, 2.45) is 5.92 Å². The van der Waals surface area contributed by atoms with Crippen LogP contribution in [0.5, 0.6) is 0 Å². The first-order valence-electron chi connectivity index (χ1n) is 7.31. The van der Waals surface area contributed by atoms with E-state index in [0.717, 1.165) is 17.8 Å². The lowest BCUT2D eigenvalue weighted by molar-refractivity contribution is 0.0351. The molecule has 112 valence electrons. The Hall–Kier alpha value is -0.940. The summed E-state index contributed by atoms with van der Waals surface area (Å²) in [4.78, 5) is 16.3. The largest absolute Gasteiger partial charge is 0.477 e. The van der Waals surface area contributed by atoms with Crippen LogP contribution in [0, 0.1) is 5.92 Å². The molecular formula is C15H23NO3S. The molecule has 0 aliphatic heterocycles. The van der Waals surface area contributed by atoms with Crippen molar-refractivity contribution in [3.63, 3.8) is 0 Å². The van der Waals surface area contributed by atoms with Gasteiger partial charge >= 0.3 is 5.97 Å². The van der Waals surface area contributed by atoms with Crippen molar-refractivity contribution in [2.75, 3.05) is 7.11 Å². The summed E-state index contributed by atoms with van der Waals surface area (Å²) in [5, 5.41) is 10.2. The van der Waals surface area contributed by atoms with E-state index >= 15 is 0 Å². The minimum absolute atomic E-state index is 0.0501. The molecular weight excluding hydrogens is 274 g/mol. The van der Waals surface area contributed by atoms with Crippen LogP contribution in [-0.4, -0.2) is 23.2 Å². The molecule has 1 heterocycles. The van der Waals surface area contributed by atoms with E-state index < -0.39 is 5.97 Å². The van der Waals surface area contributed by atoms with E-state index in [0.29, 0.717) is 16.5 Å². The SMILES string of the molecule is COC(c1nc(C(C)C)c(C(=O)O)s1)C1CCCCC1. The fraction of sp³-hybridized carbons (Fsp3) is 0.733. The van der Waals surface area contributed by atoms with Crippen molar-refractivity contribution in [1.29, 1.82) is 0 Å². The molecule has 0 radical (unpaired) electrons. The van der Waals surface area contributed by atoms with Crippen molar-refractivity contribution >= 4 is 17.3 Å². The molecule has 0 bridgehead atoms. The quantitative estimate of drug-likeness (QED) is 0.883. The second kappa shape index (κ2) is 6.68. The first kappa shape index (κ1) is 15.4. The van der Waals surface area contributed by atoms with Crippen LogP contribution >= 0.6 is 11.3 Å². The smallest absolute Gasteiger partial charge is 0.347 e. The number of carboxylic acid groups (broad SMARTS) is 1. The molecule has 0 spiro atoms. The van der Waals surface area contributed by atoms with Gasteiger partial charge in [-0.2, -0.15) is 0 Å². The van der Waals surface area contributed by atoms with E-state index in [9.17, 15) is 9.90 Å². The normalized spacial score (nSPS) is 18.4. The number of rotatable bonds is 5. The first-order chi connectivity index (χ1) is 9.54. The molecule has 1 atom stereocenters. The lowest BCUT2D eigenvalue weighted by Crippen LogP contribution is -2.17. The maximum absolute atomic E-state index is 11.4. The van der Waals surface area contributed by atoms with Gasteiger partial charge in [-0.1, -0.05) is 33.1 Å². The van der Waals surface area contributed by atoms with Gasteiger partial charge in [0.2, 0.25) is 0 Å². The molecule has 20 heavy (non-hydrogen) atoms. The molecule has 4 nitrogen and oxygen atoms in total. The van der Waals surface area contributed by atoms with E-state index in [-0.39, 0.29) is 12.0 Å². The van der Waals surface area contributed by atoms with Crippen molar-refractivity contribution in [3.05, 3.63) is 15.6 Å². The van der Waals surface area contributed by atoms with Crippen LogP contribution in [0.1, 0.15) is 78.3 Å². The number of aromatic carboxylic acids is 1. The number of thiazole rings is 1. The highest BCUT2D eigenvalue weighted by molar-refractivity contribution is 7.13. The zero-order valence-corrected chi connectivity index (χ0v) is 13.2. The number of hydrogen-bond acceptors (Lipinski definition) is 4. The van der Waals surface area contributed by atoms with Crippen LogP contribution in [0.15, 0.2) is 0 Å². The Kier molecular flexibility index (Phi) is 5.16. The van der Waals surface area contributed by atoms with Crippen LogP contribution in [0.3, 0.4) is 0 Å². The van der Waals surface area contributed by atoms with Crippen molar-refractivity contribution in [1.82, 2.24) is 4.98 Å². The zero-order chi connectivity index (χ0) is 14.7. The standard InChI is InChI=1S/C15H23NO3S/c1-9(2)11-13(15(17)18)20-14(16-11)12(19-3)10-7-5-4-6-8-10/h9-10,12H,4-8H2,1-3H3,(H,17,18). The summed E-state index contributed by atoms with van der Waals surface area (Å²) in [5.41, 5.74) is 0.690. The molecule has 0 aromatic carbocycles. The minimum Gasteiger partial charge on any atom is -0.477 e. The summed E-state index contributed by atoms with van der Waals surface area (Å²) in [7, 11) is 1.70. The highest BCUT2D eigenvalue weighted by Crippen LogP contribution is 2.39. The molecule has 0 amide bonds. The summed E-state index contributed by atoms with van der Waals surface area (Å²) in [6, 6.07) is 0. The van der Waals surface area contributed by atoms with Crippen molar-refractivity contribution in [3.8, 4) is 0 Å². The Balaban J connectivity index is 2.29. The monoisotopic (exact) mass is 297 g/mol. The van der Waals surface area contributed by atoms with Crippen LogP contribution < -0.4 is 0 Å². The predicted octanol–water partition coefficient (Wildman–Crippen LogP) is 4.23. The highest BCUT2D eigenvalue weighted by Gasteiger charge is 2.30. The molecule has 1 unspecified atom stereocenters. The van der Waals surface area contributed by atoms with E-state index in [2.05, 4.69) is 4.98 Å². The summed E-state index contributed by atoms with van der Waals surface area (Å²) in [5.74, 6) is -0.285. The van der Waals surface area contributed by atoms with E-state index in [4.69, 9.17) is 4.74 Å². The van der Waals surface area contributed by atoms with Gasteiger partial charge in [0.15, 0.2) is 0 Å². The third-order valence-electron chi connectivity index (χ3n) is 3.99. The molecule has 1 N–H and O–H groups in total. The van der Waals surface area contributed by atoms with Gasteiger partial charge in [0, 0.05) is 7.11 Å². The summed E-state index contributed by atoms with van der Waals surface area (Å²) in [6.07, 6.45) is 6.01. The molecule has 1 aromatic rings. The van der Waals surface area contributed by atoms with Gasteiger partial charge in [0.05, 0.1) is 5.69 Å². The number of carboxylic acids is 1. The van der Waals surface area contributed by atoms with Gasteiger partial charge < -0.3 is 9.84 Å². The fourth-order valence-electron chi connectivity index (χ4n) is 2.95. The second-order valence-corrected chi connectivity index (χ2v) is 6.81. The Morgan fingerprint density at radius 1 is 1.35 bits per heavy atom. The number of methoxy groups -OCH3 is 1. The van der Waals surface area contributed by atoms with E-state index in [1.165, 1.54) is 30.6 Å². The van der Waals surface area contributed by atoms with Gasteiger partial charge in [-0.15, -0.1) is 11.3 Å². The molecule has 5 heteroatoms. The predicted molar refractivity (Wildman–Crippen MR) is 79.5 cm³/mol. The maximum Gasteiger partial charge on any atom is 0.347 e. The molecule has 1 aromatic heterocycles. The van der Waals surface area contributed by atoms with Crippen LogP contribution in [0.2, 0.25) is 0 Å². The fourth-order valence-corrected chi connectivity index (χ4v) is 4.18. The van der Waals surface area contributed by atoms with Crippen LogP contribution in [0.25, 0.3) is 0 Å². The number of carbonyl (C=O) groups is 1. The van der Waals surface area contributed by atoms with Crippen LogP contribution in [-0.2, 0) is 4.74 Å². The third-order valence-corrected chi connectivity index (χ3v) is 5.11. The minimum atomic E-state index is -0.879. The van der Waals surface area contributed by atoms with Gasteiger partial charge in [-0.25, -0.2) is 9.78 Å². The van der Waals surface area contributed by atoms with E-state index in [1.807, 2.05) is 13.8 Å². The number of aromatic nitrogens is 1. The molecule has 1 fully saturated rings. The molecule has 0 saturated heterocycles. The number of nitrogens with zero attached hydrogens (tertiary/aromatic N) is 1. The third kappa shape index (κ3) is 3.20. The molecule has 2 rings (SSSR count). The van der Waals surface area contributed by atoms with Crippen LogP contribution in [0.4, 0.5) is 0 Å². The summed E-state index contributed by atoms with van der Waals surface area (Å²) < 4.78 is 5.66. The first-order valence-corrected chi connectivity index (χ1v) is 8.13. The van der Waals surface area contributed by atoms with Crippen molar-refractivity contribution < 1.29 is 14.6 Å². The van der Waals surface area contributed by atoms with E-state index in [1.54, 1.807) is 7.11 Å². The molecule has 1 aliphatic carbocycles. The number of ether oxygens (including phenoxy) is 1. The maximum atomic E-state index is 11.4. The Morgan fingerprint density at radius 2 is 2.00 bits per heavy atom. The Bertz CT molecular complexity index is 464.